The van der Waals surface area contributed by atoms with Crippen LogP contribution in [0.4, 0.5) is 0 Å². The Kier molecular flexibility index (Phi) is 4.33. The SMILES string of the molecule is CCNC(c1ccc(OC)cc1)c1nc(C)cs1. The molecule has 0 saturated heterocycles. The molecule has 1 aromatic carbocycles. The molecule has 1 unspecified atom stereocenters. The van der Waals surface area contributed by atoms with Gasteiger partial charge in [-0.05, 0) is 31.2 Å². The number of aromatic nitrogens is 1. The summed E-state index contributed by atoms with van der Waals surface area (Å²) in [5.41, 5.74) is 2.29. The lowest BCUT2D eigenvalue weighted by molar-refractivity contribution is 0.414. The van der Waals surface area contributed by atoms with E-state index >= 15 is 0 Å². The first kappa shape index (κ1) is 13.1. The number of thiazole rings is 1. The van der Waals surface area contributed by atoms with Gasteiger partial charge in [0.2, 0.25) is 0 Å². The van der Waals surface area contributed by atoms with Gasteiger partial charge in [0, 0.05) is 11.1 Å². The molecule has 1 heterocycles. The third-order valence-corrected chi connectivity index (χ3v) is 3.77. The molecule has 96 valence electrons. The average molecular weight is 262 g/mol. The number of nitrogens with zero attached hydrogens (tertiary/aromatic N) is 1. The molecule has 1 aromatic heterocycles. The molecular weight excluding hydrogens is 244 g/mol. The van der Waals surface area contributed by atoms with Crippen molar-refractivity contribution < 1.29 is 4.74 Å². The second kappa shape index (κ2) is 5.98. The first-order valence-electron chi connectivity index (χ1n) is 6.04. The van der Waals surface area contributed by atoms with Crippen LogP contribution in [-0.4, -0.2) is 18.6 Å². The molecule has 0 aliphatic carbocycles. The number of benzene rings is 1. The van der Waals surface area contributed by atoms with E-state index < -0.39 is 0 Å². The normalized spacial score (nSPS) is 12.4. The summed E-state index contributed by atoms with van der Waals surface area (Å²) in [5, 5.41) is 6.67. The number of ether oxygens (including phenoxy) is 1. The molecule has 0 spiro atoms. The molecule has 3 nitrogen and oxygen atoms in total. The predicted molar refractivity (Wildman–Crippen MR) is 75.4 cm³/mol. The average Bonchev–Trinajstić information content (AvgIpc) is 2.82. The summed E-state index contributed by atoms with van der Waals surface area (Å²) < 4.78 is 5.19. The first-order valence-corrected chi connectivity index (χ1v) is 6.92. The number of methoxy groups -OCH3 is 1. The van der Waals surface area contributed by atoms with Crippen molar-refractivity contribution >= 4 is 11.3 Å². The molecule has 2 rings (SSSR count). The van der Waals surface area contributed by atoms with Crippen LogP contribution in [0.15, 0.2) is 29.6 Å². The summed E-state index contributed by atoms with van der Waals surface area (Å²) in [6.07, 6.45) is 0. The summed E-state index contributed by atoms with van der Waals surface area (Å²) in [7, 11) is 1.68. The fourth-order valence-corrected chi connectivity index (χ4v) is 2.75. The van der Waals surface area contributed by atoms with Gasteiger partial charge in [0.15, 0.2) is 0 Å². The lowest BCUT2D eigenvalue weighted by atomic mass is 10.1. The van der Waals surface area contributed by atoms with Crippen LogP contribution < -0.4 is 10.1 Å². The van der Waals surface area contributed by atoms with Crippen molar-refractivity contribution in [3.63, 3.8) is 0 Å². The second-order valence-corrected chi connectivity index (χ2v) is 4.98. The molecule has 1 N–H and O–H groups in total. The topological polar surface area (TPSA) is 34.1 Å². The van der Waals surface area contributed by atoms with Crippen LogP contribution in [0.3, 0.4) is 0 Å². The van der Waals surface area contributed by atoms with E-state index in [1.54, 1.807) is 18.4 Å². The second-order valence-electron chi connectivity index (χ2n) is 4.09. The Morgan fingerprint density at radius 1 is 1.33 bits per heavy atom. The van der Waals surface area contributed by atoms with Crippen molar-refractivity contribution in [2.75, 3.05) is 13.7 Å². The van der Waals surface area contributed by atoms with Gasteiger partial charge < -0.3 is 10.1 Å². The Labute approximate surface area is 112 Å². The smallest absolute Gasteiger partial charge is 0.118 e. The zero-order valence-electron chi connectivity index (χ0n) is 10.9. The van der Waals surface area contributed by atoms with Crippen LogP contribution in [0, 0.1) is 6.92 Å². The van der Waals surface area contributed by atoms with Gasteiger partial charge >= 0.3 is 0 Å². The molecule has 0 radical (unpaired) electrons. The summed E-state index contributed by atoms with van der Waals surface area (Å²) in [6.45, 7) is 5.04. The van der Waals surface area contributed by atoms with Gasteiger partial charge in [0.25, 0.3) is 0 Å². The molecule has 0 amide bonds. The zero-order valence-corrected chi connectivity index (χ0v) is 11.8. The number of hydrogen-bond donors (Lipinski definition) is 1. The van der Waals surface area contributed by atoms with Gasteiger partial charge in [0.1, 0.15) is 10.8 Å². The van der Waals surface area contributed by atoms with Crippen LogP contribution in [0.25, 0.3) is 0 Å². The molecule has 0 fully saturated rings. The predicted octanol–water partition coefficient (Wildman–Crippen LogP) is 3.16. The highest BCUT2D eigenvalue weighted by Gasteiger charge is 2.16. The Balaban J connectivity index is 2.28. The highest BCUT2D eigenvalue weighted by molar-refractivity contribution is 7.09. The lowest BCUT2D eigenvalue weighted by Crippen LogP contribution is -2.21. The highest BCUT2D eigenvalue weighted by Crippen LogP contribution is 2.26. The lowest BCUT2D eigenvalue weighted by Gasteiger charge is -2.16. The molecule has 0 saturated carbocycles. The van der Waals surface area contributed by atoms with E-state index in [2.05, 4.69) is 34.7 Å². The summed E-state index contributed by atoms with van der Waals surface area (Å²) >= 11 is 1.70. The summed E-state index contributed by atoms with van der Waals surface area (Å²) in [6, 6.07) is 8.31. The maximum atomic E-state index is 5.19. The summed E-state index contributed by atoms with van der Waals surface area (Å²) in [5.74, 6) is 0.879. The molecule has 0 bridgehead atoms. The van der Waals surface area contributed by atoms with Crippen LogP contribution in [0.1, 0.15) is 29.2 Å². The standard InChI is InChI=1S/C14H18N2OS/c1-4-15-13(14-16-10(2)9-18-14)11-5-7-12(17-3)8-6-11/h5-9,13,15H,4H2,1-3H3. The highest BCUT2D eigenvalue weighted by atomic mass is 32.1. The Morgan fingerprint density at radius 2 is 2.06 bits per heavy atom. The number of hydrogen-bond acceptors (Lipinski definition) is 4. The Hall–Kier alpha value is -1.39. The monoisotopic (exact) mass is 262 g/mol. The zero-order chi connectivity index (χ0) is 13.0. The van der Waals surface area contributed by atoms with Crippen LogP contribution in [0.2, 0.25) is 0 Å². The van der Waals surface area contributed by atoms with Gasteiger partial charge in [-0.2, -0.15) is 0 Å². The first-order chi connectivity index (χ1) is 8.74. The third-order valence-electron chi connectivity index (χ3n) is 2.74. The van der Waals surface area contributed by atoms with E-state index in [1.807, 2.05) is 19.1 Å². The fraction of sp³-hybridized carbons (Fsp3) is 0.357. The van der Waals surface area contributed by atoms with Crippen molar-refractivity contribution in [2.45, 2.75) is 19.9 Å². The largest absolute Gasteiger partial charge is 0.497 e. The van der Waals surface area contributed by atoms with Crippen molar-refractivity contribution in [1.82, 2.24) is 10.3 Å². The van der Waals surface area contributed by atoms with E-state index in [0.717, 1.165) is 23.0 Å². The molecule has 1 atom stereocenters. The molecule has 0 aliphatic rings. The van der Waals surface area contributed by atoms with E-state index in [-0.39, 0.29) is 6.04 Å². The van der Waals surface area contributed by atoms with Crippen molar-refractivity contribution in [3.05, 3.63) is 45.9 Å². The van der Waals surface area contributed by atoms with Crippen LogP contribution in [0.5, 0.6) is 5.75 Å². The van der Waals surface area contributed by atoms with Crippen molar-refractivity contribution in [3.8, 4) is 5.75 Å². The molecule has 18 heavy (non-hydrogen) atoms. The van der Waals surface area contributed by atoms with Gasteiger partial charge in [-0.25, -0.2) is 4.98 Å². The number of rotatable bonds is 5. The molecular formula is C14H18N2OS. The van der Waals surface area contributed by atoms with Gasteiger partial charge in [-0.15, -0.1) is 11.3 Å². The minimum absolute atomic E-state index is 0.166. The summed E-state index contributed by atoms with van der Waals surface area (Å²) in [4.78, 5) is 4.57. The fourth-order valence-electron chi connectivity index (χ4n) is 1.85. The number of aryl methyl sites for hydroxylation is 1. The van der Waals surface area contributed by atoms with E-state index in [0.29, 0.717) is 0 Å². The van der Waals surface area contributed by atoms with E-state index in [1.165, 1.54) is 5.56 Å². The Morgan fingerprint density at radius 3 is 2.56 bits per heavy atom. The molecule has 2 aromatic rings. The molecule has 0 aliphatic heterocycles. The van der Waals surface area contributed by atoms with E-state index in [4.69, 9.17) is 4.74 Å². The quantitative estimate of drug-likeness (QED) is 0.898. The minimum atomic E-state index is 0.166. The Bertz CT molecular complexity index is 493. The molecule has 4 heteroatoms. The van der Waals surface area contributed by atoms with Crippen LogP contribution in [-0.2, 0) is 0 Å². The van der Waals surface area contributed by atoms with Crippen molar-refractivity contribution in [1.29, 1.82) is 0 Å². The minimum Gasteiger partial charge on any atom is -0.497 e. The maximum Gasteiger partial charge on any atom is 0.118 e. The number of nitrogens with one attached hydrogen (secondary N) is 1. The van der Waals surface area contributed by atoms with Crippen LogP contribution >= 0.6 is 11.3 Å². The van der Waals surface area contributed by atoms with Gasteiger partial charge in [-0.1, -0.05) is 19.1 Å². The van der Waals surface area contributed by atoms with Gasteiger partial charge in [-0.3, -0.25) is 0 Å². The third kappa shape index (κ3) is 2.89. The van der Waals surface area contributed by atoms with E-state index in [9.17, 15) is 0 Å². The van der Waals surface area contributed by atoms with Gasteiger partial charge in [0.05, 0.1) is 13.2 Å². The maximum absolute atomic E-state index is 5.19. The van der Waals surface area contributed by atoms with Crippen molar-refractivity contribution in [2.24, 2.45) is 0 Å².